The van der Waals surface area contributed by atoms with E-state index in [0.717, 1.165) is 46.1 Å². The molecule has 0 bridgehead atoms. The summed E-state index contributed by atoms with van der Waals surface area (Å²) in [7, 11) is 0. The van der Waals surface area contributed by atoms with Gasteiger partial charge in [-0.3, -0.25) is 14.9 Å². The van der Waals surface area contributed by atoms with Crippen molar-refractivity contribution in [3.05, 3.63) is 89.2 Å². The Kier molecular flexibility index (Phi) is 5.36. The summed E-state index contributed by atoms with van der Waals surface area (Å²) in [5.74, 6) is -0.819. The molecule has 0 saturated carbocycles. The van der Waals surface area contributed by atoms with E-state index in [4.69, 9.17) is 0 Å². The zero-order valence-corrected chi connectivity index (χ0v) is 18.7. The van der Waals surface area contributed by atoms with Gasteiger partial charge in [-0.15, -0.1) is 0 Å². The fraction of sp³-hybridized carbons (Fsp3) is 0.125. The van der Waals surface area contributed by atoms with Crippen molar-refractivity contribution in [1.82, 2.24) is 19.4 Å². The highest BCUT2D eigenvalue weighted by Gasteiger charge is 2.33. The lowest BCUT2D eigenvalue weighted by Crippen LogP contribution is -2.24. The van der Waals surface area contributed by atoms with Crippen molar-refractivity contribution < 1.29 is 9.59 Å². The fourth-order valence-corrected chi connectivity index (χ4v) is 4.25. The number of para-hydroxylation sites is 1. The number of amides is 2. The third-order valence-electron chi connectivity index (χ3n) is 5.48. The summed E-state index contributed by atoms with van der Waals surface area (Å²) in [4.78, 5) is 29.5. The van der Waals surface area contributed by atoms with Crippen LogP contribution in [0.2, 0.25) is 0 Å². The number of aryl methyl sites for hydroxylation is 2. The molecule has 0 fully saturated rings. The molecule has 0 radical (unpaired) electrons. The minimum Gasteiger partial charge on any atom is -0.350 e. The number of anilines is 1. The first-order valence-electron chi connectivity index (χ1n) is 10.3. The van der Waals surface area contributed by atoms with Crippen molar-refractivity contribution in [1.29, 1.82) is 0 Å². The van der Waals surface area contributed by atoms with Crippen LogP contribution in [-0.4, -0.2) is 25.9 Å². The molecule has 0 unspecified atom stereocenters. The Hall–Kier alpha value is -3.65. The Morgan fingerprint density at radius 2 is 1.81 bits per heavy atom. The van der Waals surface area contributed by atoms with Gasteiger partial charge in [-0.25, -0.2) is 4.98 Å². The Balaban J connectivity index is 1.52. The molecule has 32 heavy (non-hydrogen) atoms. The van der Waals surface area contributed by atoms with Gasteiger partial charge in [0, 0.05) is 58.3 Å². The Bertz CT molecular complexity index is 1340. The summed E-state index contributed by atoms with van der Waals surface area (Å²) in [6.45, 7) is 1.62. The number of imide groups is 1. The first-order chi connectivity index (χ1) is 15.6. The van der Waals surface area contributed by atoms with Gasteiger partial charge in [-0.1, -0.05) is 34.1 Å². The maximum absolute atomic E-state index is 12.8. The van der Waals surface area contributed by atoms with Crippen LogP contribution in [0.25, 0.3) is 16.5 Å². The van der Waals surface area contributed by atoms with Crippen molar-refractivity contribution in [2.75, 3.05) is 5.32 Å². The van der Waals surface area contributed by atoms with Gasteiger partial charge in [0.2, 0.25) is 0 Å². The second-order valence-electron chi connectivity index (χ2n) is 7.57. The van der Waals surface area contributed by atoms with Gasteiger partial charge in [0.1, 0.15) is 5.70 Å². The Morgan fingerprint density at radius 3 is 2.59 bits per heavy atom. The number of imidazole rings is 1. The fourth-order valence-electron chi connectivity index (χ4n) is 3.98. The summed E-state index contributed by atoms with van der Waals surface area (Å²) in [6, 6.07) is 15.4. The number of carbonyl (C=O) groups excluding carboxylic acids is 2. The molecule has 2 aromatic heterocycles. The van der Waals surface area contributed by atoms with E-state index in [0.29, 0.717) is 5.57 Å². The maximum atomic E-state index is 12.8. The molecule has 7 nitrogen and oxygen atoms in total. The number of nitrogens with one attached hydrogen (secondary N) is 2. The number of carbonyl (C=O) groups is 2. The molecule has 4 aromatic rings. The number of hydrogen-bond acceptors (Lipinski definition) is 4. The lowest BCUT2D eigenvalue weighted by atomic mass is 10.0. The van der Waals surface area contributed by atoms with Crippen LogP contribution >= 0.6 is 15.9 Å². The second-order valence-corrected chi connectivity index (χ2v) is 8.49. The van der Waals surface area contributed by atoms with E-state index in [1.54, 1.807) is 12.5 Å². The van der Waals surface area contributed by atoms with Crippen molar-refractivity contribution in [3.8, 4) is 0 Å². The summed E-state index contributed by atoms with van der Waals surface area (Å²) >= 11 is 3.41. The van der Waals surface area contributed by atoms with Gasteiger partial charge < -0.3 is 14.5 Å². The number of halogens is 1. The van der Waals surface area contributed by atoms with Crippen LogP contribution < -0.4 is 10.6 Å². The van der Waals surface area contributed by atoms with Gasteiger partial charge in [0.05, 0.1) is 11.9 Å². The number of aromatic nitrogens is 3. The summed E-state index contributed by atoms with van der Waals surface area (Å²) in [5.41, 5.74) is 3.12. The minimum absolute atomic E-state index is 0.263. The lowest BCUT2D eigenvalue weighted by molar-refractivity contribution is -0.123. The van der Waals surface area contributed by atoms with E-state index in [2.05, 4.69) is 36.1 Å². The third kappa shape index (κ3) is 3.85. The number of rotatable bonds is 7. The van der Waals surface area contributed by atoms with Crippen LogP contribution in [0.3, 0.4) is 0 Å². The van der Waals surface area contributed by atoms with Crippen molar-refractivity contribution in [3.63, 3.8) is 0 Å². The molecule has 2 amide bonds. The highest BCUT2D eigenvalue weighted by Crippen LogP contribution is 2.33. The van der Waals surface area contributed by atoms with Crippen LogP contribution in [0.1, 0.15) is 12.0 Å². The molecule has 0 spiro atoms. The molecule has 160 valence electrons. The first-order valence-corrected chi connectivity index (χ1v) is 11.1. The predicted molar refractivity (Wildman–Crippen MR) is 127 cm³/mol. The van der Waals surface area contributed by atoms with Crippen LogP contribution in [0.5, 0.6) is 0 Å². The quantitative estimate of drug-likeness (QED) is 0.381. The standard InChI is InChI=1S/C24H20BrN5O2/c25-16-6-8-17(9-7-16)27-22-21(23(31)28-24(22)32)19-14-30(20-5-2-1-4-18(19)20)12-3-11-29-13-10-26-15-29/h1-2,4-10,13-15H,3,11-12H2,(H2,27,28,31,32). The molecule has 0 atom stereocenters. The Morgan fingerprint density at radius 1 is 1.00 bits per heavy atom. The molecule has 0 aliphatic carbocycles. The smallest absolute Gasteiger partial charge is 0.275 e. The Labute approximate surface area is 192 Å². The van der Waals surface area contributed by atoms with E-state index in [1.165, 1.54) is 0 Å². The monoisotopic (exact) mass is 489 g/mol. The number of fused-ring (bicyclic) bond motifs is 1. The van der Waals surface area contributed by atoms with Gasteiger partial charge in [0.25, 0.3) is 11.8 Å². The molecule has 2 N–H and O–H groups in total. The molecule has 0 saturated heterocycles. The average Bonchev–Trinajstić information content (AvgIpc) is 3.49. The van der Waals surface area contributed by atoms with Crippen molar-refractivity contribution in [2.24, 2.45) is 0 Å². The number of benzene rings is 2. The van der Waals surface area contributed by atoms with Crippen molar-refractivity contribution >= 4 is 49.9 Å². The maximum Gasteiger partial charge on any atom is 0.275 e. The van der Waals surface area contributed by atoms with Crippen LogP contribution in [0.4, 0.5) is 5.69 Å². The van der Waals surface area contributed by atoms with Crippen LogP contribution in [0, 0.1) is 0 Å². The highest BCUT2D eigenvalue weighted by atomic mass is 79.9. The minimum atomic E-state index is -0.426. The van der Waals surface area contributed by atoms with E-state index in [9.17, 15) is 9.59 Å². The summed E-state index contributed by atoms with van der Waals surface area (Å²) in [6.07, 6.45) is 8.39. The zero-order valence-electron chi connectivity index (χ0n) is 17.1. The molecule has 1 aliphatic rings. The molecule has 1 aliphatic heterocycles. The molecule has 2 aromatic carbocycles. The largest absolute Gasteiger partial charge is 0.350 e. The zero-order chi connectivity index (χ0) is 22.1. The van der Waals surface area contributed by atoms with Crippen LogP contribution in [0.15, 0.2) is 83.6 Å². The normalized spacial score (nSPS) is 13.8. The predicted octanol–water partition coefficient (Wildman–Crippen LogP) is 4.17. The second kappa shape index (κ2) is 8.47. The van der Waals surface area contributed by atoms with Gasteiger partial charge in [-0.05, 0) is 36.8 Å². The third-order valence-corrected chi connectivity index (χ3v) is 6.01. The highest BCUT2D eigenvalue weighted by molar-refractivity contribution is 9.10. The van der Waals surface area contributed by atoms with Crippen LogP contribution in [-0.2, 0) is 22.7 Å². The molecular formula is C24H20BrN5O2. The first kappa shape index (κ1) is 20.3. The van der Waals surface area contributed by atoms with Gasteiger partial charge in [-0.2, -0.15) is 0 Å². The topological polar surface area (TPSA) is 81.0 Å². The number of nitrogens with zero attached hydrogens (tertiary/aromatic N) is 3. The van der Waals surface area contributed by atoms with Crippen molar-refractivity contribution in [2.45, 2.75) is 19.5 Å². The van der Waals surface area contributed by atoms with Gasteiger partial charge >= 0.3 is 0 Å². The van der Waals surface area contributed by atoms with E-state index < -0.39 is 11.8 Å². The summed E-state index contributed by atoms with van der Waals surface area (Å²) < 4.78 is 5.11. The lowest BCUT2D eigenvalue weighted by Gasteiger charge is -2.07. The van der Waals surface area contributed by atoms with E-state index >= 15 is 0 Å². The SMILES string of the molecule is O=C1NC(=O)C(c2cn(CCCn3ccnc3)c3ccccc23)=C1Nc1ccc(Br)cc1. The van der Waals surface area contributed by atoms with E-state index in [1.807, 2.05) is 65.5 Å². The number of hydrogen-bond donors (Lipinski definition) is 2. The summed E-state index contributed by atoms with van der Waals surface area (Å²) in [5, 5.41) is 6.51. The molecular weight excluding hydrogens is 470 g/mol. The molecule has 3 heterocycles. The van der Waals surface area contributed by atoms with E-state index in [-0.39, 0.29) is 5.70 Å². The molecule has 5 rings (SSSR count). The van der Waals surface area contributed by atoms with Gasteiger partial charge in [0.15, 0.2) is 0 Å². The molecule has 8 heteroatoms. The average molecular weight is 490 g/mol.